The third kappa shape index (κ3) is 3.78. The smallest absolute Gasteiger partial charge is 0.410 e. The highest BCUT2D eigenvalue weighted by molar-refractivity contribution is 5.75. The van der Waals surface area contributed by atoms with Gasteiger partial charge < -0.3 is 14.7 Å². The summed E-state index contributed by atoms with van der Waals surface area (Å²) in [6.45, 7) is 5.93. The highest BCUT2D eigenvalue weighted by Crippen LogP contribution is 2.37. The lowest BCUT2D eigenvalue weighted by atomic mass is 9.85. The molecule has 1 aliphatic heterocycles. The molecule has 0 aromatic heterocycles. The number of carbonyl (C=O) groups is 2. The largest absolute Gasteiger partial charge is 0.481 e. The third-order valence-electron chi connectivity index (χ3n) is 3.72. The Balaban J connectivity index is 2.33. The van der Waals surface area contributed by atoms with Crippen LogP contribution in [0.3, 0.4) is 0 Å². The van der Waals surface area contributed by atoms with E-state index in [1.165, 1.54) is 0 Å². The van der Waals surface area contributed by atoms with E-state index in [4.69, 9.17) is 4.74 Å². The number of benzene rings is 1. The van der Waals surface area contributed by atoms with Crippen LogP contribution in [0.4, 0.5) is 4.79 Å². The van der Waals surface area contributed by atoms with Gasteiger partial charge in [-0.05, 0) is 39.2 Å². The van der Waals surface area contributed by atoms with Crippen molar-refractivity contribution in [3.05, 3.63) is 35.9 Å². The lowest BCUT2D eigenvalue weighted by Gasteiger charge is -2.40. The topological polar surface area (TPSA) is 66.8 Å². The molecule has 1 aliphatic rings. The molecule has 120 valence electrons. The number of likely N-dealkylation sites (tertiary alicyclic amines) is 1. The first-order valence-corrected chi connectivity index (χ1v) is 7.57. The number of hydrogen-bond acceptors (Lipinski definition) is 3. The number of ether oxygens (including phenoxy) is 1. The van der Waals surface area contributed by atoms with E-state index < -0.39 is 29.6 Å². The van der Waals surface area contributed by atoms with Gasteiger partial charge in [0, 0.05) is 6.54 Å². The standard InChI is InChI=1S/C17H23NO4/c1-17(2,3)22-16(21)18-11-7-10-13(15(19)20)14(18)12-8-5-4-6-9-12/h4-6,8-9,13-14H,7,10-11H2,1-3H3,(H,19,20). The fraction of sp³-hybridized carbons (Fsp3) is 0.529. The summed E-state index contributed by atoms with van der Waals surface area (Å²) in [5.74, 6) is -1.48. The molecule has 5 nitrogen and oxygen atoms in total. The van der Waals surface area contributed by atoms with Crippen LogP contribution in [0.15, 0.2) is 30.3 Å². The fourth-order valence-electron chi connectivity index (χ4n) is 2.84. The molecule has 2 rings (SSSR count). The van der Waals surface area contributed by atoms with E-state index in [0.29, 0.717) is 19.4 Å². The highest BCUT2D eigenvalue weighted by atomic mass is 16.6. The Morgan fingerprint density at radius 2 is 1.86 bits per heavy atom. The average molecular weight is 305 g/mol. The average Bonchev–Trinajstić information content (AvgIpc) is 2.45. The zero-order valence-electron chi connectivity index (χ0n) is 13.3. The third-order valence-corrected chi connectivity index (χ3v) is 3.72. The summed E-state index contributed by atoms with van der Waals surface area (Å²) in [5, 5.41) is 9.52. The molecular formula is C17H23NO4. The first-order valence-electron chi connectivity index (χ1n) is 7.57. The van der Waals surface area contributed by atoms with Gasteiger partial charge in [0.15, 0.2) is 0 Å². The molecule has 1 N–H and O–H groups in total. The predicted molar refractivity (Wildman–Crippen MR) is 82.5 cm³/mol. The van der Waals surface area contributed by atoms with Crippen LogP contribution in [0.25, 0.3) is 0 Å². The molecule has 0 spiro atoms. The first-order chi connectivity index (χ1) is 10.3. The Bertz CT molecular complexity index is 535. The van der Waals surface area contributed by atoms with E-state index in [0.717, 1.165) is 5.56 Å². The Kier molecular flexibility index (Phi) is 4.74. The Morgan fingerprint density at radius 3 is 2.41 bits per heavy atom. The minimum atomic E-state index is -0.873. The van der Waals surface area contributed by atoms with Crippen LogP contribution in [0.1, 0.15) is 45.2 Å². The van der Waals surface area contributed by atoms with Crippen molar-refractivity contribution in [2.45, 2.75) is 45.3 Å². The van der Waals surface area contributed by atoms with Crippen molar-refractivity contribution in [2.24, 2.45) is 5.92 Å². The van der Waals surface area contributed by atoms with E-state index in [2.05, 4.69) is 0 Å². The van der Waals surface area contributed by atoms with Crippen molar-refractivity contribution in [2.75, 3.05) is 6.54 Å². The number of piperidine rings is 1. The van der Waals surface area contributed by atoms with Crippen molar-refractivity contribution in [3.8, 4) is 0 Å². The maximum Gasteiger partial charge on any atom is 0.410 e. The van der Waals surface area contributed by atoms with Crippen molar-refractivity contribution in [1.82, 2.24) is 4.90 Å². The molecule has 1 aromatic carbocycles. The molecule has 0 aliphatic carbocycles. The summed E-state index contributed by atoms with van der Waals surface area (Å²) in [6.07, 6.45) is 0.778. The van der Waals surface area contributed by atoms with E-state index >= 15 is 0 Å². The second kappa shape index (κ2) is 6.38. The minimum Gasteiger partial charge on any atom is -0.481 e. The maximum absolute atomic E-state index is 12.5. The molecule has 2 unspecified atom stereocenters. The van der Waals surface area contributed by atoms with Gasteiger partial charge in [0.2, 0.25) is 0 Å². The zero-order chi connectivity index (χ0) is 16.3. The molecular weight excluding hydrogens is 282 g/mol. The molecule has 1 aromatic rings. The molecule has 0 radical (unpaired) electrons. The van der Waals surface area contributed by atoms with Crippen LogP contribution in [0.5, 0.6) is 0 Å². The second-order valence-corrected chi connectivity index (χ2v) is 6.62. The number of aliphatic carboxylic acids is 1. The fourth-order valence-corrected chi connectivity index (χ4v) is 2.84. The summed E-state index contributed by atoms with van der Waals surface area (Å²) in [5.41, 5.74) is 0.231. The quantitative estimate of drug-likeness (QED) is 0.908. The lowest BCUT2D eigenvalue weighted by molar-refractivity contribution is -0.145. The number of hydrogen-bond donors (Lipinski definition) is 1. The summed E-state index contributed by atoms with van der Waals surface area (Å²) in [4.78, 5) is 25.6. The minimum absolute atomic E-state index is 0.452. The molecule has 0 saturated carbocycles. The Morgan fingerprint density at radius 1 is 1.23 bits per heavy atom. The van der Waals surface area contributed by atoms with Crippen molar-refractivity contribution >= 4 is 12.1 Å². The van der Waals surface area contributed by atoms with Gasteiger partial charge in [-0.15, -0.1) is 0 Å². The van der Waals surface area contributed by atoms with Gasteiger partial charge in [0.1, 0.15) is 5.60 Å². The molecule has 1 heterocycles. The summed E-state index contributed by atoms with van der Waals surface area (Å²) in [6, 6.07) is 8.83. The van der Waals surface area contributed by atoms with Crippen LogP contribution in [0.2, 0.25) is 0 Å². The highest BCUT2D eigenvalue weighted by Gasteiger charge is 2.40. The molecule has 1 saturated heterocycles. The van der Waals surface area contributed by atoms with Crippen molar-refractivity contribution < 1.29 is 19.4 Å². The van der Waals surface area contributed by atoms with Gasteiger partial charge in [0.25, 0.3) is 0 Å². The van der Waals surface area contributed by atoms with Gasteiger partial charge >= 0.3 is 12.1 Å². The van der Waals surface area contributed by atoms with E-state index in [1.807, 2.05) is 30.3 Å². The number of amides is 1. The van der Waals surface area contributed by atoms with Crippen LogP contribution >= 0.6 is 0 Å². The Hall–Kier alpha value is -2.04. The molecule has 1 fully saturated rings. The van der Waals surface area contributed by atoms with Gasteiger partial charge in [-0.3, -0.25) is 4.79 Å². The monoisotopic (exact) mass is 305 g/mol. The van der Waals surface area contributed by atoms with E-state index in [-0.39, 0.29) is 0 Å². The number of carbonyl (C=O) groups excluding carboxylic acids is 1. The molecule has 2 atom stereocenters. The summed E-state index contributed by atoms with van der Waals surface area (Å²) < 4.78 is 5.45. The molecule has 0 bridgehead atoms. The van der Waals surface area contributed by atoms with Gasteiger partial charge in [-0.2, -0.15) is 0 Å². The zero-order valence-corrected chi connectivity index (χ0v) is 13.3. The van der Waals surface area contributed by atoms with Crippen molar-refractivity contribution in [1.29, 1.82) is 0 Å². The second-order valence-electron chi connectivity index (χ2n) is 6.62. The number of carboxylic acids is 1. The lowest BCUT2D eigenvalue weighted by Crippen LogP contribution is -2.47. The van der Waals surface area contributed by atoms with Crippen LogP contribution in [0, 0.1) is 5.92 Å². The van der Waals surface area contributed by atoms with Crippen LogP contribution in [-0.4, -0.2) is 34.2 Å². The first kappa shape index (κ1) is 16.3. The predicted octanol–water partition coefficient (Wildman–Crippen LogP) is 3.46. The SMILES string of the molecule is CC(C)(C)OC(=O)N1CCCC(C(=O)O)C1c1ccccc1. The normalized spacial score (nSPS) is 22.2. The number of carboxylic acid groups (broad SMARTS) is 1. The van der Waals surface area contributed by atoms with Crippen LogP contribution in [-0.2, 0) is 9.53 Å². The van der Waals surface area contributed by atoms with Gasteiger partial charge in [-0.25, -0.2) is 4.79 Å². The van der Waals surface area contributed by atoms with Crippen molar-refractivity contribution in [3.63, 3.8) is 0 Å². The molecule has 1 amide bonds. The Labute approximate surface area is 130 Å². The van der Waals surface area contributed by atoms with Gasteiger partial charge in [0.05, 0.1) is 12.0 Å². The number of nitrogens with zero attached hydrogens (tertiary/aromatic N) is 1. The maximum atomic E-state index is 12.5. The summed E-state index contributed by atoms with van der Waals surface area (Å²) in [7, 11) is 0. The molecule has 5 heteroatoms. The number of rotatable bonds is 2. The van der Waals surface area contributed by atoms with E-state index in [9.17, 15) is 14.7 Å². The van der Waals surface area contributed by atoms with Gasteiger partial charge in [-0.1, -0.05) is 30.3 Å². The summed E-state index contributed by atoms with van der Waals surface area (Å²) >= 11 is 0. The van der Waals surface area contributed by atoms with Crippen LogP contribution < -0.4 is 0 Å². The van der Waals surface area contributed by atoms with E-state index in [1.54, 1.807) is 25.7 Å². The molecule has 22 heavy (non-hydrogen) atoms.